The van der Waals surface area contributed by atoms with Gasteiger partial charge in [0.05, 0.1) is 7.11 Å². The number of ether oxygens (including phenoxy) is 1. The number of ketones is 1. The molecule has 2 aromatic rings. The highest BCUT2D eigenvalue weighted by molar-refractivity contribution is 5.98. The first-order valence-electron chi connectivity index (χ1n) is 9.23. The minimum absolute atomic E-state index is 0.129. The molecule has 25 heavy (non-hydrogen) atoms. The molecule has 0 saturated carbocycles. The number of carbonyl (C=O) groups excluding carboxylic acids is 1. The summed E-state index contributed by atoms with van der Waals surface area (Å²) in [5.74, 6) is 1.18. The molecule has 0 spiro atoms. The average molecular weight is 337 g/mol. The van der Waals surface area contributed by atoms with Gasteiger partial charge in [0, 0.05) is 30.3 Å². The minimum atomic E-state index is 0.129. The summed E-state index contributed by atoms with van der Waals surface area (Å²) in [7, 11) is 1.64. The van der Waals surface area contributed by atoms with Gasteiger partial charge in [-0.05, 0) is 61.2 Å². The van der Waals surface area contributed by atoms with E-state index in [1.807, 2.05) is 24.3 Å². The molecule has 0 N–H and O–H groups in total. The quantitative estimate of drug-likeness (QED) is 0.713. The fraction of sp³-hybridized carbons (Fsp3) is 0.409. The summed E-state index contributed by atoms with van der Waals surface area (Å²) in [6, 6.07) is 16.4. The van der Waals surface area contributed by atoms with Crippen molar-refractivity contribution < 1.29 is 9.53 Å². The average Bonchev–Trinajstić information content (AvgIpc) is 2.68. The van der Waals surface area contributed by atoms with E-state index in [1.54, 1.807) is 7.11 Å². The molecule has 132 valence electrons. The second kappa shape index (κ2) is 8.19. The van der Waals surface area contributed by atoms with Gasteiger partial charge in [-0.2, -0.15) is 0 Å². The van der Waals surface area contributed by atoms with Crippen LogP contribution in [-0.2, 0) is 6.42 Å². The molecular weight excluding hydrogens is 310 g/mol. The van der Waals surface area contributed by atoms with Crippen LogP contribution in [0.1, 0.15) is 42.1 Å². The van der Waals surface area contributed by atoms with Crippen molar-refractivity contribution in [3.8, 4) is 5.75 Å². The highest BCUT2D eigenvalue weighted by atomic mass is 16.5. The first-order chi connectivity index (χ1) is 12.2. The number of piperidine rings is 1. The fourth-order valence-corrected chi connectivity index (χ4v) is 3.55. The van der Waals surface area contributed by atoms with E-state index in [4.69, 9.17) is 4.74 Å². The highest BCUT2D eigenvalue weighted by Gasteiger charge is 2.25. The molecule has 3 rings (SSSR count). The molecule has 0 amide bonds. The Bertz CT molecular complexity index is 683. The van der Waals surface area contributed by atoms with Crippen LogP contribution in [0.3, 0.4) is 0 Å². The van der Waals surface area contributed by atoms with Gasteiger partial charge in [-0.25, -0.2) is 0 Å². The maximum atomic E-state index is 12.7. The summed E-state index contributed by atoms with van der Waals surface area (Å²) in [5.41, 5.74) is 3.47. The number of methoxy groups -OCH3 is 1. The van der Waals surface area contributed by atoms with Crippen LogP contribution in [0.4, 0.5) is 5.69 Å². The summed E-state index contributed by atoms with van der Waals surface area (Å²) in [5, 5.41) is 0. The molecule has 0 bridgehead atoms. The Morgan fingerprint density at radius 3 is 2.24 bits per heavy atom. The molecule has 1 heterocycles. The number of carbonyl (C=O) groups is 1. The Hall–Kier alpha value is -2.29. The molecule has 2 aromatic carbocycles. The Balaban J connectivity index is 1.58. The summed E-state index contributed by atoms with van der Waals surface area (Å²) in [4.78, 5) is 15.1. The van der Waals surface area contributed by atoms with Crippen molar-refractivity contribution in [3.05, 3.63) is 59.7 Å². The van der Waals surface area contributed by atoms with Gasteiger partial charge in [-0.15, -0.1) is 0 Å². The van der Waals surface area contributed by atoms with Crippen molar-refractivity contribution in [2.45, 2.75) is 32.6 Å². The molecule has 3 heteroatoms. The van der Waals surface area contributed by atoms with E-state index < -0.39 is 0 Å². The van der Waals surface area contributed by atoms with Crippen molar-refractivity contribution in [2.75, 3.05) is 25.1 Å². The van der Waals surface area contributed by atoms with Crippen LogP contribution in [0.2, 0.25) is 0 Å². The van der Waals surface area contributed by atoms with Gasteiger partial charge in [-0.3, -0.25) is 4.79 Å². The molecule has 0 aromatic heterocycles. The first-order valence-corrected chi connectivity index (χ1v) is 9.23. The van der Waals surface area contributed by atoms with Crippen molar-refractivity contribution in [1.29, 1.82) is 0 Å². The number of Topliss-reactive ketones (excluding diaryl/α,β-unsaturated/α-hetero) is 1. The zero-order valence-electron chi connectivity index (χ0n) is 15.2. The first kappa shape index (κ1) is 17.5. The summed E-state index contributed by atoms with van der Waals surface area (Å²) in [6.45, 7) is 4.10. The fourth-order valence-electron chi connectivity index (χ4n) is 3.55. The number of rotatable bonds is 6. The third-order valence-corrected chi connectivity index (χ3v) is 5.08. The number of hydrogen-bond donors (Lipinski definition) is 0. The third-order valence-electron chi connectivity index (χ3n) is 5.08. The van der Waals surface area contributed by atoms with Crippen LogP contribution in [0.5, 0.6) is 5.75 Å². The maximum Gasteiger partial charge on any atom is 0.166 e. The van der Waals surface area contributed by atoms with Gasteiger partial charge in [0.1, 0.15) is 5.75 Å². The predicted molar refractivity (Wildman–Crippen MR) is 103 cm³/mol. The van der Waals surface area contributed by atoms with E-state index in [-0.39, 0.29) is 11.7 Å². The monoisotopic (exact) mass is 337 g/mol. The lowest BCUT2D eigenvalue weighted by molar-refractivity contribution is 0.0900. The summed E-state index contributed by atoms with van der Waals surface area (Å²) < 4.78 is 5.16. The van der Waals surface area contributed by atoms with Gasteiger partial charge in [-0.1, -0.05) is 25.5 Å². The Kier molecular flexibility index (Phi) is 5.75. The lowest BCUT2D eigenvalue weighted by Gasteiger charge is -2.33. The number of anilines is 1. The lowest BCUT2D eigenvalue weighted by atomic mass is 9.88. The Labute approximate surface area is 150 Å². The van der Waals surface area contributed by atoms with Gasteiger partial charge in [0.15, 0.2) is 5.78 Å². The van der Waals surface area contributed by atoms with E-state index in [0.29, 0.717) is 0 Å². The zero-order valence-corrected chi connectivity index (χ0v) is 15.2. The molecular formula is C22H27NO2. The van der Waals surface area contributed by atoms with Gasteiger partial charge < -0.3 is 9.64 Å². The summed E-state index contributed by atoms with van der Waals surface area (Å²) in [6.07, 6.45) is 4.15. The van der Waals surface area contributed by atoms with E-state index in [9.17, 15) is 4.79 Å². The lowest BCUT2D eigenvalue weighted by Crippen LogP contribution is -2.36. The van der Waals surface area contributed by atoms with Crippen LogP contribution >= 0.6 is 0 Å². The molecule has 3 nitrogen and oxygen atoms in total. The van der Waals surface area contributed by atoms with Gasteiger partial charge >= 0.3 is 0 Å². The molecule has 1 fully saturated rings. The number of nitrogens with zero attached hydrogens (tertiary/aromatic N) is 1. The largest absolute Gasteiger partial charge is 0.497 e. The SMILES string of the molecule is CCCc1ccc(N2CCC(C(=O)c3ccc(OC)cc3)CC2)cc1. The molecule has 0 unspecified atom stereocenters. The Morgan fingerprint density at radius 2 is 1.68 bits per heavy atom. The van der Waals surface area contributed by atoms with Crippen molar-refractivity contribution in [3.63, 3.8) is 0 Å². The van der Waals surface area contributed by atoms with Gasteiger partial charge in [0.25, 0.3) is 0 Å². The molecule has 1 aliphatic rings. The molecule has 0 radical (unpaired) electrons. The van der Waals surface area contributed by atoms with Crippen molar-refractivity contribution in [2.24, 2.45) is 5.92 Å². The normalized spacial score (nSPS) is 15.2. The topological polar surface area (TPSA) is 29.5 Å². The zero-order chi connectivity index (χ0) is 17.6. The Morgan fingerprint density at radius 1 is 1.04 bits per heavy atom. The standard InChI is InChI=1S/C22H27NO2/c1-3-4-17-5-9-20(10-6-17)23-15-13-19(14-16-23)22(24)18-7-11-21(25-2)12-8-18/h5-12,19H,3-4,13-16H2,1-2H3. The maximum absolute atomic E-state index is 12.7. The molecule has 1 saturated heterocycles. The van der Waals surface area contributed by atoms with Crippen molar-refractivity contribution in [1.82, 2.24) is 0 Å². The van der Waals surface area contributed by atoms with Crippen LogP contribution in [0.15, 0.2) is 48.5 Å². The smallest absolute Gasteiger partial charge is 0.166 e. The van der Waals surface area contributed by atoms with Gasteiger partial charge in [0.2, 0.25) is 0 Å². The van der Waals surface area contributed by atoms with Crippen LogP contribution in [0, 0.1) is 5.92 Å². The van der Waals surface area contributed by atoms with E-state index in [2.05, 4.69) is 36.1 Å². The number of aryl methyl sites for hydroxylation is 1. The number of benzene rings is 2. The van der Waals surface area contributed by atoms with Crippen LogP contribution in [-0.4, -0.2) is 26.0 Å². The van der Waals surface area contributed by atoms with Crippen LogP contribution < -0.4 is 9.64 Å². The number of hydrogen-bond acceptors (Lipinski definition) is 3. The molecule has 0 aliphatic carbocycles. The predicted octanol–water partition coefficient (Wildman–Crippen LogP) is 4.75. The molecule has 1 aliphatic heterocycles. The highest BCUT2D eigenvalue weighted by Crippen LogP contribution is 2.26. The van der Waals surface area contributed by atoms with E-state index in [1.165, 1.54) is 17.7 Å². The minimum Gasteiger partial charge on any atom is -0.497 e. The third kappa shape index (κ3) is 4.22. The van der Waals surface area contributed by atoms with Crippen molar-refractivity contribution >= 4 is 11.5 Å². The van der Waals surface area contributed by atoms with E-state index in [0.717, 1.165) is 43.7 Å². The van der Waals surface area contributed by atoms with E-state index >= 15 is 0 Å². The second-order valence-corrected chi connectivity index (χ2v) is 6.77. The molecule has 0 atom stereocenters. The second-order valence-electron chi connectivity index (χ2n) is 6.77. The van der Waals surface area contributed by atoms with Crippen LogP contribution in [0.25, 0.3) is 0 Å². The summed E-state index contributed by atoms with van der Waals surface area (Å²) >= 11 is 0.